The minimum absolute atomic E-state index is 0.0506. The Kier molecular flexibility index (Phi) is 6.53. The molecule has 0 saturated heterocycles. The Labute approximate surface area is 163 Å². The van der Waals surface area contributed by atoms with Gasteiger partial charge in [-0.2, -0.15) is 0 Å². The molecule has 5 nitrogen and oxygen atoms in total. The van der Waals surface area contributed by atoms with E-state index in [1.807, 2.05) is 19.9 Å². The van der Waals surface area contributed by atoms with Crippen molar-refractivity contribution in [1.82, 2.24) is 0 Å². The quantitative estimate of drug-likeness (QED) is 0.580. The number of hydrogen-bond acceptors (Lipinski definition) is 3. The van der Waals surface area contributed by atoms with Crippen LogP contribution in [0.5, 0.6) is 0 Å². The Hall–Kier alpha value is -2.92. The molecular formula is C21H21ClN2O3. The standard InChI is InChI=1S/C21H21ClN2O3/c1-12-9-13(2)20(18(22)10-12)24-21(27)14(3)11-19(26)23-17-7-5-16(6-8-17)15(4)25/h5-11H,1-4H3,(H,23,26)(H,24,27)/b14-11+. The van der Waals surface area contributed by atoms with Gasteiger partial charge >= 0.3 is 0 Å². The third-order valence-electron chi connectivity index (χ3n) is 3.93. The third-order valence-corrected chi connectivity index (χ3v) is 4.23. The number of carbonyl (C=O) groups is 3. The third kappa shape index (κ3) is 5.53. The summed E-state index contributed by atoms with van der Waals surface area (Å²) >= 11 is 6.19. The number of carbonyl (C=O) groups excluding carboxylic acids is 3. The van der Waals surface area contributed by atoms with Gasteiger partial charge in [-0.15, -0.1) is 0 Å². The number of ketones is 1. The van der Waals surface area contributed by atoms with Gasteiger partial charge < -0.3 is 10.6 Å². The largest absolute Gasteiger partial charge is 0.323 e. The summed E-state index contributed by atoms with van der Waals surface area (Å²) in [6.07, 6.45) is 1.21. The van der Waals surface area contributed by atoms with E-state index < -0.39 is 11.8 Å². The number of rotatable bonds is 5. The van der Waals surface area contributed by atoms with Crippen LogP contribution >= 0.6 is 11.6 Å². The summed E-state index contributed by atoms with van der Waals surface area (Å²) in [6, 6.07) is 10.2. The first-order valence-corrected chi connectivity index (χ1v) is 8.73. The van der Waals surface area contributed by atoms with E-state index in [0.717, 1.165) is 11.1 Å². The lowest BCUT2D eigenvalue weighted by atomic mass is 10.1. The molecule has 2 N–H and O–H groups in total. The molecule has 0 radical (unpaired) electrons. The molecule has 0 aliphatic rings. The van der Waals surface area contributed by atoms with Gasteiger partial charge in [0.05, 0.1) is 10.7 Å². The molecule has 6 heteroatoms. The molecule has 0 aliphatic carbocycles. The van der Waals surface area contributed by atoms with E-state index in [1.165, 1.54) is 13.0 Å². The summed E-state index contributed by atoms with van der Waals surface area (Å²) in [5.74, 6) is -0.902. The molecule has 2 rings (SSSR count). The van der Waals surface area contributed by atoms with Crippen LogP contribution in [0.3, 0.4) is 0 Å². The molecule has 0 unspecified atom stereocenters. The molecule has 0 heterocycles. The average Bonchev–Trinajstić information content (AvgIpc) is 2.58. The highest BCUT2D eigenvalue weighted by Crippen LogP contribution is 2.27. The maximum absolute atomic E-state index is 12.4. The zero-order valence-electron chi connectivity index (χ0n) is 15.6. The minimum Gasteiger partial charge on any atom is -0.323 e. The Morgan fingerprint density at radius 3 is 2.15 bits per heavy atom. The van der Waals surface area contributed by atoms with E-state index in [9.17, 15) is 14.4 Å². The van der Waals surface area contributed by atoms with Crippen molar-refractivity contribution in [3.05, 3.63) is 69.8 Å². The first-order chi connectivity index (χ1) is 12.7. The molecule has 0 fully saturated rings. The van der Waals surface area contributed by atoms with Gasteiger partial charge in [0.1, 0.15) is 0 Å². The SMILES string of the molecule is CC(=O)c1ccc(NC(=O)/C=C(\C)C(=O)Nc2c(C)cc(C)cc2Cl)cc1. The van der Waals surface area contributed by atoms with Crippen LogP contribution < -0.4 is 10.6 Å². The lowest BCUT2D eigenvalue weighted by Gasteiger charge is -2.12. The van der Waals surface area contributed by atoms with E-state index >= 15 is 0 Å². The van der Waals surface area contributed by atoms with Gasteiger partial charge in [0.25, 0.3) is 5.91 Å². The molecule has 0 atom stereocenters. The number of hydrogen-bond donors (Lipinski definition) is 2. The van der Waals surface area contributed by atoms with Crippen molar-refractivity contribution in [2.24, 2.45) is 0 Å². The number of amides is 2. The predicted octanol–water partition coefficient (Wildman–Crippen LogP) is 4.68. The molecule has 27 heavy (non-hydrogen) atoms. The summed E-state index contributed by atoms with van der Waals surface area (Å²) in [7, 11) is 0. The molecule has 0 aromatic heterocycles. The maximum atomic E-state index is 12.4. The topological polar surface area (TPSA) is 75.3 Å². The van der Waals surface area contributed by atoms with Gasteiger partial charge in [-0.1, -0.05) is 17.7 Å². The highest BCUT2D eigenvalue weighted by Gasteiger charge is 2.12. The van der Waals surface area contributed by atoms with Crippen LogP contribution in [0.25, 0.3) is 0 Å². The molecule has 2 aromatic carbocycles. The number of nitrogens with one attached hydrogen (secondary N) is 2. The maximum Gasteiger partial charge on any atom is 0.251 e. The van der Waals surface area contributed by atoms with Crippen LogP contribution in [0.4, 0.5) is 11.4 Å². The Morgan fingerprint density at radius 1 is 0.963 bits per heavy atom. The van der Waals surface area contributed by atoms with Crippen molar-refractivity contribution in [2.75, 3.05) is 10.6 Å². The predicted molar refractivity (Wildman–Crippen MR) is 108 cm³/mol. The molecule has 0 saturated carbocycles. The van der Waals surface area contributed by atoms with Gasteiger partial charge in [0, 0.05) is 22.9 Å². The second-order valence-electron chi connectivity index (χ2n) is 6.34. The number of halogens is 1. The van der Waals surface area contributed by atoms with Crippen LogP contribution in [0.15, 0.2) is 48.0 Å². The van der Waals surface area contributed by atoms with Crippen LogP contribution in [0.1, 0.15) is 35.3 Å². The van der Waals surface area contributed by atoms with E-state index in [4.69, 9.17) is 11.6 Å². The number of anilines is 2. The average molecular weight is 385 g/mol. The lowest BCUT2D eigenvalue weighted by molar-refractivity contribution is -0.114. The lowest BCUT2D eigenvalue weighted by Crippen LogP contribution is -2.17. The zero-order chi connectivity index (χ0) is 20.1. The van der Waals surface area contributed by atoms with Crippen LogP contribution in [0, 0.1) is 13.8 Å². The second-order valence-corrected chi connectivity index (χ2v) is 6.75. The summed E-state index contributed by atoms with van der Waals surface area (Å²) < 4.78 is 0. The van der Waals surface area contributed by atoms with Gasteiger partial charge in [0.2, 0.25) is 5.91 Å². The van der Waals surface area contributed by atoms with Crippen LogP contribution in [-0.4, -0.2) is 17.6 Å². The fraction of sp³-hybridized carbons (Fsp3) is 0.190. The van der Waals surface area contributed by atoms with Gasteiger partial charge in [-0.05, 0) is 69.2 Å². The van der Waals surface area contributed by atoms with Gasteiger partial charge in [0.15, 0.2) is 5.78 Å². The van der Waals surface area contributed by atoms with E-state index in [2.05, 4.69) is 10.6 Å². The van der Waals surface area contributed by atoms with Crippen LogP contribution in [0.2, 0.25) is 5.02 Å². The molecular weight excluding hydrogens is 364 g/mol. The highest BCUT2D eigenvalue weighted by atomic mass is 35.5. The highest BCUT2D eigenvalue weighted by molar-refractivity contribution is 6.34. The van der Waals surface area contributed by atoms with Crippen molar-refractivity contribution in [1.29, 1.82) is 0 Å². The Bertz CT molecular complexity index is 908. The Balaban J connectivity index is 2.06. The second kappa shape index (κ2) is 8.64. The van der Waals surface area contributed by atoms with Crippen molar-refractivity contribution in [2.45, 2.75) is 27.7 Å². The molecule has 2 amide bonds. The van der Waals surface area contributed by atoms with Crippen molar-refractivity contribution >= 4 is 40.6 Å². The van der Waals surface area contributed by atoms with Crippen molar-refractivity contribution < 1.29 is 14.4 Å². The molecule has 0 spiro atoms. The fourth-order valence-electron chi connectivity index (χ4n) is 2.51. The minimum atomic E-state index is -0.440. The fourth-order valence-corrected chi connectivity index (χ4v) is 2.88. The summed E-state index contributed by atoms with van der Waals surface area (Å²) in [5.41, 5.74) is 3.70. The zero-order valence-corrected chi connectivity index (χ0v) is 16.4. The van der Waals surface area contributed by atoms with Gasteiger partial charge in [-0.3, -0.25) is 14.4 Å². The van der Waals surface area contributed by atoms with Crippen molar-refractivity contribution in [3.63, 3.8) is 0 Å². The number of aryl methyl sites for hydroxylation is 2. The summed E-state index contributed by atoms with van der Waals surface area (Å²) in [5, 5.41) is 5.84. The smallest absolute Gasteiger partial charge is 0.251 e. The first kappa shape index (κ1) is 20.4. The normalized spacial score (nSPS) is 11.1. The Morgan fingerprint density at radius 2 is 1.59 bits per heavy atom. The summed E-state index contributed by atoms with van der Waals surface area (Å²) in [4.78, 5) is 35.7. The van der Waals surface area contributed by atoms with Crippen LogP contribution in [-0.2, 0) is 9.59 Å². The molecule has 2 aromatic rings. The van der Waals surface area contributed by atoms with E-state index in [1.54, 1.807) is 37.3 Å². The molecule has 0 aliphatic heterocycles. The number of Topliss-reactive ketones (excluding diaryl/α,β-unsaturated/α-hetero) is 1. The monoisotopic (exact) mass is 384 g/mol. The summed E-state index contributed by atoms with van der Waals surface area (Å²) in [6.45, 7) is 6.79. The first-order valence-electron chi connectivity index (χ1n) is 8.35. The molecule has 140 valence electrons. The van der Waals surface area contributed by atoms with E-state index in [0.29, 0.717) is 22.0 Å². The van der Waals surface area contributed by atoms with Crippen molar-refractivity contribution in [3.8, 4) is 0 Å². The van der Waals surface area contributed by atoms with E-state index in [-0.39, 0.29) is 11.4 Å². The van der Waals surface area contributed by atoms with Gasteiger partial charge in [-0.25, -0.2) is 0 Å². The molecule has 0 bridgehead atoms. The number of benzene rings is 2.